The number of nitrogens with two attached hydrogens (primary N) is 1. The van der Waals surface area contributed by atoms with E-state index in [-0.39, 0.29) is 5.41 Å². The average Bonchev–Trinajstić information content (AvgIpc) is 2.72. The number of nitrogens with one attached hydrogen (secondary N) is 1. The lowest BCUT2D eigenvalue weighted by Crippen LogP contribution is -2.40. The van der Waals surface area contributed by atoms with Crippen molar-refractivity contribution in [3.05, 3.63) is 35.9 Å². The van der Waals surface area contributed by atoms with E-state index in [2.05, 4.69) is 24.4 Å². The van der Waals surface area contributed by atoms with Crippen molar-refractivity contribution < 1.29 is 4.79 Å². The summed E-state index contributed by atoms with van der Waals surface area (Å²) >= 11 is 0. The molecule has 0 unspecified atom stereocenters. The molecule has 0 bridgehead atoms. The third-order valence-corrected chi connectivity index (χ3v) is 5.54. The Morgan fingerprint density at radius 1 is 1.08 bits per heavy atom. The minimum atomic E-state index is -0.230. The van der Waals surface area contributed by atoms with Crippen LogP contribution in [0, 0.1) is 5.92 Å². The van der Waals surface area contributed by atoms with E-state index in [1.54, 1.807) is 0 Å². The molecule has 0 radical (unpaired) electrons. The van der Waals surface area contributed by atoms with Gasteiger partial charge in [-0.3, -0.25) is 0 Å². The van der Waals surface area contributed by atoms with Crippen molar-refractivity contribution in [1.29, 1.82) is 0 Å². The highest BCUT2D eigenvalue weighted by Crippen LogP contribution is 2.30. The van der Waals surface area contributed by atoms with Crippen LogP contribution < -0.4 is 11.1 Å². The number of hydrogen-bond donors (Lipinski definition) is 2. The molecule has 142 valence electrons. The molecule has 1 aromatic rings. The van der Waals surface area contributed by atoms with E-state index in [0.717, 1.165) is 43.7 Å². The topological polar surface area (TPSA) is 55.1 Å². The third-order valence-electron chi connectivity index (χ3n) is 5.54. The van der Waals surface area contributed by atoms with Gasteiger partial charge in [-0.05, 0) is 63.1 Å². The first-order valence-corrected chi connectivity index (χ1v) is 10.2. The van der Waals surface area contributed by atoms with Gasteiger partial charge in [0.05, 0.1) is 5.41 Å². The molecular weight excluding hydrogens is 308 g/mol. The van der Waals surface area contributed by atoms with Crippen LogP contribution in [0.3, 0.4) is 0 Å². The molecule has 1 heterocycles. The van der Waals surface area contributed by atoms with Crippen molar-refractivity contribution >= 4 is 6.29 Å². The number of carbonyl (C=O) groups excluding carboxylic acids is 1. The molecule has 25 heavy (non-hydrogen) atoms. The van der Waals surface area contributed by atoms with Crippen LogP contribution in [0.2, 0.25) is 0 Å². The van der Waals surface area contributed by atoms with Crippen LogP contribution in [0.25, 0.3) is 0 Å². The third kappa shape index (κ3) is 6.91. The monoisotopic (exact) mass is 346 g/mol. The highest BCUT2D eigenvalue weighted by Gasteiger charge is 2.33. The molecule has 0 atom stereocenters. The van der Waals surface area contributed by atoms with E-state index in [1.807, 2.05) is 32.0 Å². The molecule has 3 heteroatoms. The predicted molar refractivity (Wildman–Crippen MR) is 108 cm³/mol. The SMILES string of the molecule is CC.CCC1CCC(N)CC1.O=CC1(c2ccccc2)CCNCC1. The maximum atomic E-state index is 11.3. The molecule has 1 aliphatic carbocycles. The van der Waals surface area contributed by atoms with E-state index in [0.29, 0.717) is 6.04 Å². The van der Waals surface area contributed by atoms with Crippen molar-refractivity contribution in [3.8, 4) is 0 Å². The first-order valence-electron chi connectivity index (χ1n) is 10.2. The summed E-state index contributed by atoms with van der Waals surface area (Å²) in [5, 5.41) is 3.28. The first-order chi connectivity index (χ1) is 12.2. The maximum absolute atomic E-state index is 11.3. The fourth-order valence-electron chi connectivity index (χ4n) is 3.71. The van der Waals surface area contributed by atoms with Gasteiger partial charge in [-0.15, -0.1) is 0 Å². The van der Waals surface area contributed by atoms with Crippen LogP contribution in [0.5, 0.6) is 0 Å². The molecular formula is C22H38N2O. The Balaban J connectivity index is 0.000000246. The summed E-state index contributed by atoms with van der Waals surface area (Å²) in [6, 6.07) is 10.6. The van der Waals surface area contributed by atoms with Gasteiger partial charge < -0.3 is 15.8 Å². The minimum absolute atomic E-state index is 0.230. The number of carbonyl (C=O) groups is 1. The maximum Gasteiger partial charge on any atom is 0.130 e. The lowest BCUT2D eigenvalue weighted by Gasteiger charge is -2.32. The van der Waals surface area contributed by atoms with Crippen molar-refractivity contribution in [2.45, 2.75) is 77.2 Å². The Hall–Kier alpha value is -1.19. The highest BCUT2D eigenvalue weighted by atomic mass is 16.1. The summed E-state index contributed by atoms with van der Waals surface area (Å²) in [6.07, 6.45) is 9.59. The molecule has 2 aliphatic rings. The Labute approximate surface area is 154 Å². The zero-order valence-electron chi connectivity index (χ0n) is 16.5. The zero-order valence-corrected chi connectivity index (χ0v) is 16.5. The fourth-order valence-corrected chi connectivity index (χ4v) is 3.71. The van der Waals surface area contributed by atoms with E-state index in [9.17, 15) is 4.79 Å². The van der Waals surface area contributed by atoms with Gasteiger partial charge in [-0.1, -0.05) is 57.5 Å². The summed E-state index contributed by atoms with van der Waals surface area (Å²) in [5.41, 5.74) is 6.69. The standard InChI is InChI=1S/C12H15NO.C8H17N.C2H6/c14-10-12(6-8-13-9-7-12)11-4-2-1-3-5-11;1-2-7-3-5-8(9)6-4-7;1-2/h1-5,10,13H,6-9H2;7-8H,2-6,9H2,1H3;1-2H3. The first kappa shape index (κ1) is 21.9. The largest absolute Gasteiger partial charge is 0.328 e. The molecule has 1 aliphatic heterocycles. The van der Waals surface area contributed by atoms with E-state index < -0.39 is 0 Å². The number of hydrogen-bond acceptors (Lipinski definition) is 3. The van der Waals surface area contributed by atoms with Gasteiger partial charge in [-0.2, -0.15) is 0 Å². The number of aldehydes is 1. The van der Waals surface area contributed by atoms with Crippen LogP contribution >= 0.6 is 0 Å². The highest BCUT2D eigenvalue weighted by molar-refractivity contribution is 5.68. The molecule has 3 N–H and O–H groups in total. The molecule has 1 saturated heterocycles. The van der Waals surface area contributed by atoms with E-state index >= 15 is 0 Å². The molecule has 1 aromatic carbocycles. The average molecular weight is 347 g/mol. The molecule has 0 spiro atoms. The van der Waals surface area contributed by atoms with Gasteiger partial charge >= 0.3 is 0 Å². The van der Waals surface area contributed by atoms with Crippen LogP contribution in [0.15, 0.2) is 30.3 Å². The van der Waals surface area contributed by atoms with Crippen LogP contribution in [0.1, 0.15) is 71.3 Å². The van der Waals surface area contributed by atoms with Gasteiger partial charge in [0.25, 0.3) is 0 Å². The van der Waals surface area contributed by atoms with Crippen molar-refractivity contribution in [3.63, 3.8) is 0 Å². The zero-order chi connectivity index (χ0) is 18.5. The van der Waals surface area contributed by atoms with Crippen LogP contribution in [-0.4, -0.2) is 25.4 Å². The predicted octanol–water partition coefficient (Wildman–Crippen LogP) is 4.45. The van der Waals surface area contributed by atoms with Gasteiger partial charge in [0, 0.05) is 6.04 Å². The van der Waals surface area contributed by atoms with Gasteiger partial charge in [0.15, 0.2) is 0 Å². The minimum Gasteiger partial charge on any atom is -0.328 e. The Morgan fingerprint density at radius 3 is 2.12 bits per heavy atom. The number of piperidine rings is 1. The second-order valence-electron chi connectivity index (χ2n) is 7.08. The Morgan fingerprint density at radius 2 is 1.64 bits per heavy atom. The normalized spacial score (nSPS) is 24.8. The van der Waals surface area contributed by atoms with E-state index in [4.69, 9.17) is 5.73 Å². The van der Waals surface area contributed by atoms with Crippen LogP contribution in [0.4, 0.5) is 0 Å². The van der Waals surface area contributed by atoms with Gasteiger partial charge in [-0.25, -0.2) is 0 Å². The fraction of sp³-hybridized carbons (Fsp3) is 0.682. The second kappa shape index (κ2) is 12.2. The van der Waals surface area contributed by atoms with Gasteiger partial charge in [0.1, 0.15) is 6.29 Å². The molecule has 1 saturated carbocycles. The second-order valence-corrected chi connectivity index (χ2v) is 7.08. The number of benzene rings is 1. The quantitative estimate of drug-likeness (QED) is 0.795. The summed E-state index contributed by atoms with van der Waals surface area (Å²) in [5.74, 6) is 0.991. The molecule has 3 rings (SSSR count). The smallest absolute Gasteiger partial charge is 0.130 e. The summed E-state index contributed by atoms with van der Waals surface area (Å²) in [4.78, 5) is 11.3. The molecule has 0 amide bonds. The van der Waals surface area contributed by atoms with E-state index in [1.165, 1.54) is 32.1 Å². The molecule has 3 nitrogen and oxygen atoms in total. The Bertz CT molecular complexity index is 446. The summed E-state index contributed by atoms with van der Waals surface area (Å²) in [7, 11) is 0. The summed E-state index contributed by atoms with van der Waals surface area (Å²) < 4.78 is 0. The molecule has 0 aromatic heterocycles. The lowest BCUT2D eigenvalue weighted by molar-refractivity contribution is -0.113. The van der Waals surface area contributed by atoms with Gasteiger partial charge in [0.2, 0.25) is 0 Å². The van der Waals surface area contributed by atoms with Crippen LogP contribution in [-0.2, 0) is 10.2 Å². The number of rotatable bonds is 3. The van der Waals surface area contributed by atoms with Crippen molar-refractivity contribution in [1.82, 2.24) is 5.32 Å². The molecule has 2 fully saturated rings. The van der Waals surface area contributed by atoms with Crippen molar-refractivity contribution in [2.24, 2.45) is 11.7 Å². The van der Waals surface area contributed by atoms with Crippen molar-refractivity contribution in [2.75, 3.05) is 13.1 Å². The lowest BCUT2D eigenvalue weighted by atomic mass is 9.74. The Kier molecular flexibility index (Phi) is 10.7. The summed E-state index contributed by atoms with van der Waals surface area (Å²) in [6.45, 7) is 8.16.